The van der Waals surface area contributed by atoms with Crippen molar-refractivity contribution in [3.63, 3.8) is 0 Å². The second kappa shape index (κ2) is 4.59. The highest BCUT2D eigenvalue weighted by Crippen LogP contribution is 2.20. The maximum absolute atomic E-state index is 4.42. The monoisotopic (exact) mass is 271 g/mol. The molecule has 0 amide bonds. The Morgan fingerprint density at radius 1 is 1.15 bits per heavy atom. The van der Waals surface area contributed by atoms with Crippen LogP contribution in [-0.4, -0.2) is 29.5 Å². The molecule has 0 bridgehead atoms. The molecule has 0 aliphatic rings. The average Bonchev–Trinajstić information content (AvgIpc) is 2.91. The first kappa shape index (κ1) is 12.6. The van der Waals surface area contributed by atoms with Crippen LogP contribution in [0.5, 0.6) is 0 Å². The van der Waals surface area contributed by atoms with E-state index < -0.39 is 0 Å². The van der Waals surface area contributed by atoms with E-state index in [9.17, 15) is 0 Å². The summed E-state index contributed by atoms with van der Waals surface area (Å²) < 4.78 is 3.63. The van der Waals surface area contributed by atoms with Crippen LogP contribution in [0.15, 0.2) is 12.5 Å². The molecule has 3 aromatic heterocycles. The molecule has 3 rings (SSSR count). The Bertz CT molecular complexity index is 768. The fourth-order valence-corrected chi connectivity index (χ4v) is 2.35. The lowest BCUT2D eigenvalue weighted by Crippen LogP contribution is -2.04. The van der Waals surface area contributed by atoms with E-state index in [1.54, 1.807) is 17.2 Å². The van der Waals surface area contributed by atoms with Crippen LogP contribution in [0.1, 0.15) is 17.0 Å². The molecule has 0 saturated carbocycles. The van der Waals surface area contributed by atoms with Gasteiger partial charge >= 0.3 is 0 Å². The SMILES string of the molecule is Cc1nn(C)c(C)c1CNc1ncnc2c1cnn2C. The number of fused-ring (bicyclic) bond motifs is 1. The van der Waals surface area contributed by atoms with Crippen LogP contribution in [-0.2, 0) is 20.6 Å². The number of rotatable bonds is 3. The Balaban J connectivity index is 1.90. The summed E-state index contributed by atoms with van der Waals surface area (Å²) in [5.41, 5.74) is 4.21. The van der Waals surface area contributed by atoms with E-state index in [-0.39, 0.29) is 0 Å². The molecule has 0 fully saturated rings. The van der Waals surface area contributed by atoms with Gasteiger partial charge in [0.05, 0.1) is 17.3 Å². The molecule has 0 aromatic carbocycles. The topological polar surface area (TPSA) is 73.5 Å². The van der Waals surface area contributed by atoms with E-state index in [2.05, 4.69) is 32.4 Å². The van der Waals surface area contributed by atoms with Crippen LogP contribution >= 0.6 is 0 Å². The molecule has 3 heterocycles. The summed E-state index contributed by atoms with van der Waals surface area (Å²) in [6.07, 6.45) is 3.33. The average molecular weight is 271 g/mol. The predicted octanol–water partition coefficient (Wildman–Crippen LogP) is 1.33. The zero-order valence-electron chi connectivity index (χ0n) is 12.0. The summed E-state index contributed by atoms with van der Waals surface area (Å²) in [7, 11) is 3.82. The lowest BCUT2D eigenvalue weighted by Gasteiger charge is -2.07. The molecule has 0 aliphatic carbocycles. The largest absolute Gasteiger partial charge is 0.365 e. The van der Waals surface area contributed by atoms with Crippen molar-refractivity contribution in [3.05, 3.63) is 29.5 Å². The molecule has 0 saturated heterocycles. The minimum Gasteiger partial charge on any atom is -0.365 e. The number of hydrogen-bond acceptors (Lipinski definition) is 5. The second-order valence-electron chi connectivity index (χ2n) is 4.85. The van der Waals surface area contributed by atoms with Crippen molar-refractivity contribution >= 4 is 16.9 Å². The molecule has 0 spiro atoms. The first-order valence-corrected chi connectivity index (χ1v) is 6.43. The molecule has 1 N–H and O–H groups in total. The fourth-order valence-electron chi connectivity index (χ4n) is 2.35. The van der Waals surface area contributed by atoms with Gasteiger partial charge in [0.15, 0.2) is 5.65 Å². The van der Waals surface area contributed by atoms with Gasteiger partial charge in [-0.3, -0.25) is 9.36 Å². The van der Waals surface area contributed by atoms with Crippen molar-refractivity contribution in [1.29, 1.82) is 0 Å². The molecule has 0 unspecified atom stereocenters. The van der Waals surface area contributed by atoms with Gasteiger partial charge in [0.1, 0.15) is 12.1 Å². The van der Waals surface area contributed by atoms with Crippen LogP contribution in [0.25, 0.3) is 11.0 Å². The third-order valence-electron chi connectivity index (χ3n) is 3.62. The molecule has 0 radical (unpaired) electrons. The lowest BCUT2D eigenvalue weighted by atomic mass is 10.2. The van der Waals surface area contributed by atoms with E-state index in [0.29, 0.717) is 6.54 Å². The maximum atomic E-state index is 4.42. The smallest absolute Gasteiger partial charge is 0.163 e. The number of nitrogens with one attached hydrogen (secondary N) is 1. The summed E-state index contributed by atoms with van der Waals surface area (Å²) in [6, 6.07) is 0. The van der Waals surface area contributed by atoms with Gasteiger partial charge in [0, 0.05) is 31.9 Å². The molecule has 0 aliphatic heterocycles. The van der Waals surface area contributed by atoms with Crippen molar-refractivity contribution < 1.29 is 0 Å². The van der Waals surface area contributed by atoms with Crippen molar-refractivity contribution in [2.75, 3.05) is 5.32 Å². The normalized spacial score (nSPS) is 11.2. The Hall–Kier alpha value is -2.44. The standard InChI is InChI=1S/C13H17N7/c1-8-10(9(2)19(3)18-8)5-14-12-11-6-17-20(4)13(11)16-7-15-12/h6-7H,5H2,1-4H3,(H,14,15,16). The Morgan fingerprint density at radius 3 is 2.65 bits per heavy atom. The minimum atomic E-state index is 0.687. The number of aryl methyl sites for hydroxylation is 3. The second-order valence-corrected chi connectivity index (χ2v) is 4.85. The molecule has 20 heavy (non-hydrogen) atoms. The Kier molecular flexibility index (Phi) is 2.89. The summed E-state index contributed by atoms with van der Waals surface area (Å²) in [4.78, 5) is 8.53. The van der Waals surface area contributed by atoms with Gasteiger partial charge in [0.25, 0.3) is 0 Å². The summed E-state index contributed by atoms with van der Waals surface area (Å²) in [5.74, 6) is 0.797. The van der Waals surface area contributed by atoms with Gasteiger partial charge in [-0.05, 0) is 13.8 Å². The van der Waals surface area contributed by atoms with Gasteiger partial charge in [0.2, 0.25) is 0 Å². The van der Waals surface area contributed by atoms with E-state index in [0.717, 1.165) is 28.2 Å². The number of aromatic nitrogens is 6. The van der Waals surface area contributed by atoms with Crippen molar-refractivity contribution in [3.8, 4) is 0 Å². The van der Waals surface area contributed by atoms with E-state index in [1.807, 2.05) is 25.7 Å². The summed E-state index contributed by atoms with van der Waals surface area (Å²) >= 11 is 0. The highest BCUT2D eigenvalue weighted by Gasteiger charge is 2.11. The summed E-state index contributed by atoms with van der Waals surface area (Å²) in [6.45, 7) is 4.77. The predicted molar refractivity (Wildman–Crippen MR) is 76.3 cm³/mol. The maximum Gasteiger partial charge on any atom is 0.163 e. The van der Waals surface area contributed by atoms with Gasteiger partial charge < -0.3 is 5.32 Å². The van der Waals surface area contributed by atoms with Gasteiger partial charge in [-0.25, -0.2) is 9.97 Å². The van der Waals surface area contributed by atoms with Crippen molar-refractivity contribution in [2.24, 2.45) is 14.1 Å². The molecule has 7 heteroatoms. The molecule has 104 valence electrons. The van der Waals surface area contributed by atoms with Gasteiger partial charge in [-0.2, -0.15) is 10.2 Å². The number of anilines is 1. The quantitative estimate of drug-likeness (QED) is 0.778. The minimum absolute atomic E-state index is 0.687. The van der Waals surface area contributed by atoms with E-state index in [4.69, 9.17) is 0 Å². The van der Waals surface area contributed by atoms with Crippen LogP contribution in [0.4, 0.5) is 5.82 Å². The highest BCUT2D eigenvalue weighted by molar-refractivity contribution is 5.85. The third-order valence-corrected chi connectivity index (χ3v) is 3.62. The zero-order valence-corrected chi connectivity index (χ0v) is 12.0. The van der Waals surface area contributed by atoms with Crippen LogP contribution < -0.4 is 5.32 Å². The number of nitrogens with zero attached hydrogens (tertiary/aromatic N) is 6. The van der Waals surface area contributed by atoms with Gasteiger partial charge in [-0.15, -0.1) is 0 Å². The summed E-state index contributed by atoms with van der Waals surface area (Å²) in [5, 5.41) is 12.9. The van der Waals surface area contributed by atoms with Crippen LogP contribution in [0, 0.1) is 13.8 Å². The molecule has 0 atom stereocenters. The van der Waals surface area contributed by atoms with Crippen molar-refractivity contribution in [2.45, 2.75) is 20.4 Å². The van der Waals surface area contributed by atoms with E-state index in [1.165, 1.54) is 5.56 Å². The first-order valence-electron chi connectivity index (χ1n) is 6.43. The van der Waals surface area contributed by atoms with Crippen LogP contribution in [0.3, 0.4) is 0 Å². The van der Waals surface area contributed by atoms with Crippen molar-refractivity contribution in [1.82, 2.24) is 29.5 Å². The number of hydrogen-bond donors (Lipinski definition) is 1. The first-order chi connectivity index (χ1) is 9.58. The van der Waals surface area contributed by atoms with Crippen LogP contribution in [0.2, 0.25) is 0 Å². The molecular weight excluding hydrogens is 254 g/mol. The molecular formula is C13H17N7. The molecule has 3 aromatic rings. The van der Waals surface area contributed by atoms with E-state index >= 15 is 0 Å². The third kappa shape index (κ3) is 1.91. The van der Waals surface area contributed by atoms with Gasteiger partial charge in [-0.1, -0.05) is 0 Å². The Labute approximate surface area is 116 Å². The Morgan fingerprint density at radius 2 is 1.95 bits per heavy atom. The molecule has 7 nitrogen and oxygen atoms in total. The highest BCUT2D eigenvalue weighted by atomic mass is 15.3. The lowest BCUT2D eigenvalue weighted by molar-refractivity contribution is 0.730. The zero-order chi connectivity index (χ0) is 14.3. The fraction of sp³-hybridized carbons (Fsp3) is 0.385.